The molecule has 0 radical (unpaired) electrons. The van der Waals surface area contributed by atoms with Crippen molar-refractivity contribution in [2.24, 2.45) is 0 Å². The van der Waals surface area contributed by atoms with Crippen LogP contribution in [0.4, 0.5) is 0 Å². The molecule has 1 atom stereocenters. The van der Waals surface area contributed by atoms with Crippen LogP contribution in [-0.4, -0.2) is 20.1 Å². The van der Waals surface area contributed by atoms with E-state index in [9.17, 15) is 4.79 Å². The quantitative estimate of drug-likeness (QED) is 0.479. The highest BCUT2D eigenvalue weighted by molar-refractivity contribution is 5.88. The van der Waals surface area contributed by atoms with E-state index >= 15 is 0 Å². The third-order valence-corrected chi connectivity index (χ3v) is 5.10. The molecule has 0 spiro atoms. The molecular formula is C25H23NO4. The summed E-state index contributed by atoms with van der Waals surface area (Å²) >= 11 is 0. The van der Waals surface area contributed by atoms with E-state index in [2.05, 4.69) is 5.32 Å². The maximum absolute atomic E-state index is 13.0. The number of carbonyl (C=O) groups is 1. The van der Waals surface area contributed by atoms with Gasteiger partial charge in [0, 0.05) is 17.0 Å². The second kappa shape index (κ2) is 8.74. The lowest BCUT2D eigenvalue weighted by molar-refractivity contribution is -0.120. The molecule has 3 aromatic carbocycles. The number of amides is 1. The Labute approximate surface area is 175 Å². The number of ether oxygens (including phenoxy) is 2. The second-order valence-corrected chi connectivity index (χ2v) is 6.98. The van der Waals surface area contributed by atoms with Gasteiger partial charge in [-0.15, -0.1) is 0 Å². The number of rotatable bonds is 7. The topological polar surface area (TPSA) is 60.7 Å². The Balaban J connectivity index is 1.57. The fourth-order valence-corrected chi connectivity index (χ4v) is 3.51. The number of nitrogens with one attached hydrogen (secondary N) is 1. The fourth-order valence-electron chi connectivity index (χ4n) is 3.51. The largest absolute Gasteiger partial charge is 0.497 e. The molecule has 152 valence electrons. The number of hydrogen-bond acceptors (Lipinski definition) is 4. The van der Waals surface area contributed by atoms with Crippen LogP contribution in [0.15, 0.2) is 83.5 Å². The minimum absolute atomic E-state index is 0.0850. The Kier molecular flexibility index (Phi) is 5.70. The first-order valence-electron chi connectivity index (χ1n) is 9.70. The lowest BCUT2D eigenvalue weighted by atomic mass is 9.98. The molecule has 30 heavy (non-hydrogen) atoms. The van der Waals surface area contributed by atoms with E-state index in [0.29, 0.717) is 5.58 Å². The van der Waals surface area contributed by atoms with E-state index in [4.69, 9.17) is 13.9 Å². The Morgan fingerprint density at radius 1 is 0.900 bits per heavy atom. The number of furan rings is 1. The zero-order valence-electron chi connectivity index (χ0n) is 16.9. The number of benzene rings is 3. The molecule has 1 unspecified atom stereocenters. The van der Waals surface area contributed by atoms with Crippen LogP contribution in [-0.2, 0) is 11.2 Å². The summed E-state index contributed by atoms with van der Waals surface area (Å²) in [5, 5.41) is 4.08. The molecule has 0 saturated heterocycles. The van der Waals surface area contributed by atoms with E-state index in [-0.39, 0.29) is 18.4 Å². The van der Waals surface area contributed by atoms with Crippen molar-refractivity contribution in [3.05, 3.63) is 95.7 Å². The molecule has 0 aliphatic heterocycles. The molecule has 0 fully saturated rings. The lowest BCUT2D eigenvalue weighted by Crippen LogP contribution is -2.30. The van der Waals surface area contributed by atoms with Crippen molar-refractivity contribution in [1.29, 1.82) is 0 Å². The molecule has 1 amide bonds. The summed E-state index contributed by atoms with van der Waals surface area (Å²) < 4.78 is 16.1. The zero-order valence-corrected chi connectivity index (χ0v) is 16.9. The van der Waals surface area contributed by atoms with E-state index in [0.717, 1.165) is 33.6 Å². The van der Waals surface area contributed by atoms with Crippen molar-refractivity contribution in [1.82, 2.24) is 5.32 Å². The van der Waals surface area contributed by atoms with Gasteiger partial charge in [-0.1, -0.05) is 42.5 Å². The predicted octanol–water partition coefficient (Wildman–Crippen LogP) is 4.90. The molecule has 4 rings (SSSR count). The first kappa shape index (κ1) is 19.6. The van der Waals surface area contributed by atoms with Gasteiger partial charge in [0.15, 0.2) is 0 Å². The van der Waals surface area contributed by atoms with Gasteiger partial charge in [0.2, 0.25) is 5.91 Å². The smallest absolute Gasteiger partial charge is 0.225 e. The third-order valence-electron chi connectivity index (χ3n) is 5.10. The predicted molar refractivity (Wildman–Crippen MR) is 116 cm³/mol. The van der Waals surface area contributed by atoms with E-state index in [1.165, 1.54) is 0 Å². The van der Waals surface area contributed by atoms with Gasteiger partial charge in [-0.05, 0) is 35.4 Å². The molecule has 4 aromatic rings. The molecule has 1 N–H and O–H groups in total. The summed E-state index contributed by atoms with van der Waals surface area (Å²) in [5.74, 6) is 1.41. The van der Waals surface area contributed by atoms with Crippen LogP contribution in [0, 0.1) is 0 Å². The van der Waals surface area contributed by atoms with Gasteiger partial charge in [-0.3, -0.25) is 4.79 Å². The molecule has 0 aliphatic carbocycles. The van der Waals surface area contributed by atoms with Crippen molar-refractivity contribution in [3.8, 4) is 11.5 Å². The summed E-state index contributed by atoms with van der Waals surface area (Å²) in [6.45, 7) is 0. The Hall–Kier alpha value is -3.73. The summed E-state index contributed by atoms with van der Waals surface area (Å²) in [4.78, 5) is 13.0. The van der Waals surface area contributed by atoms with Crippen LogP contribution in [0.25, 0.3) is 11.0 Å². The Morgan fingerprint density at radius 2 is 1.57 bits per heavy atom. The normalized spacial score (nSPS) is 11.8. The minimum Gasteiger partial charge on any atom is -0.497 e. The highest BCUT2D eigenvalue weighted by Gasteiger charge is 2.18. The maximum Gasteiger partial charge on any atom is 0.225 e. The Morgan fingerprint density at radius 3 is 2.27 bits per heavy atom. The van der Waals surface area contributed by atoms with Gasteiger partial charge in [0.05, 0.1) is 32.9 Å². The van der Waals surface area contributed by atoms with Gasteiger partial charge >= 0.3 is 0 Å². The fraction of sp³-hybridized carbons (Fsp3) is 0.160. The summed E-state index contributed by atoms with van der Waals surface area (Å²) in [7, 11) is 3.25. The average Bonchev–Trinajstić information content (AvgIpc) is 3.20. The van der Waals surface area contributed by atoms with E-state index in [1.54, 1.807) is 20.5 Å². The number of hydrogen-bond donors (Lipinski definition) is 1. The Bertz CT molecular complexity index is 1130. The zero-order chi connectivity index (χ0) is 20.9. The molecule has 0 bridgehead atoms. The van der Waals surface area contributed by atoms with Gasteiger partial charge in [-0.25, -0.2) is 0 Å². The van der Waals surface area contributed by atoms with Crippen molar-refractivity contribution >= 4 is 16.9 Å². The standard InChI is InChI=1S/C25H23NO4/c1-28-20-10-8-18(9-11-20)25(17-6-4-3-5-7-17)26-24(27)14-19-16-30-23-15-21(29-2)12-13-22(19)23/h3-13,15-16,25H,14H2,1-2H3,(H,26,27). The highest BCUT2D eigenvalue weighted by Crippen LogP contribution is 2.27. The van der Waals surface area contributed by atoms with Crippen LogP contribution in [0.1, 0.15) is 22.7 Å². The second-order valence-electron chi connectivity index (χ2n) is 6.98. The molecule has 0 saturated carbocycles. The average molecular weight is 401 g/mol. The highest BCUT2D eigenvalue weighted by atomic mass is 16.5. The summed E-state index contributed by atoms with van der Waals surface area (Å²) in [5.41, 5.74) is 3.54. The van der Waals surface area contributed by atoms with Crippen molar-refractivity contribution in [3.63, 3.8) is 0 Å². The lowest BCUT2D eigenvalue weighted by Gasteiger charge is -2.20. The van der Waals surface area contributed by atoms with Gasteiger partial charge < -0.3 is 19.2 Å². The van der Waals surface area contributed by atoms with E-state index < -0.39 is 0 Å². The molecule has 1 aromatic heterocycles. The minimum atomic E-state index is -0.261. The van der Waals surface area contributed by atoms with Crippen molar-refractivity contribution in [2.45, 2.75) is 12.5 Å². The summed E-state index contributed by atoms with van der Waals surface area (Å²) in [6.07, 6.45) is 1.85. The SMILES string of the molecule is COc1ccc(C(NC(=O)Cc2coc3cc(OC)ccc23)c2ccccc2)cc1. The van der Waals surface area contributed by atoms with Crippen molar-refractivity contribution in [2.75, 3.05) is 14.2 Å². The van der Waals surface area contributed by atoms with E-state index in [1.807, 2.05) is 72.8 Å². The molecule has 5 nitrogen and oxygen atoms in total. The molecular weight excluding hydrogens is 378 g/mol. The number of methoxy groups -OCH3 is 2. The first-order valence-corrected chi connectivity index (χ1v) is 9.70. The summed E-state index contributed by atoms with van der Waals surface area (Å²) in [6, 6.07) is 23.0. The molecule has 0 aliphatic rings. The monoisotopic (exact) mass is 401 g/mol. The third kappa shape index (κ3) is 4.15. The number of fused-ring (bicyclic) bond motifs is 1. The van der Waals surface area contributed by atoms with Gasteiger partial charge in [0.25, 0.3) is 0 Å². The van der Waals surface area contributed by atoms with Crippen LogP contribution in [0.3, 0.4) is 0 Å². The first-order chi connectivity index (χ1) is 14.7. The number of carbonyl (C=O) groups excluding carboxylic acids is 1. The van der Waals surface area contributed by atoms with Crippen LogP contribution >= 0.6 is 0 Å². The van der Waals surface area contributed by atoms with Crippen LogP contribution in [0.5, 0.6) is 11.5 Å². The van der Waals surface area contributed by atoms with Gasteiger partial charge in [-0.2, -0.15) is 0 Å². The van der Waals surface area contributed by atoms with Crippen molar-refractivity contribution < 1.29 is 18.7 Å². The van der Waals surface area contributed by atoms with Crippen LogP contribution < -0.4 is 14.8 Å². The van der Waals surface area contributed by atoms with Gasteiger partial charge in [0.1, 0.15) is 17.1 Å². The maximum atomic E-state index is 13.0. The molecule has 1 heterocycles. The molecule has 5 heteroatoms. The van der Waals surface area contributed by atoms with Crippen LogP contribution in [0.2, 0.25) is 0 Å².